The molecule has 15 aromatic rings. The summed E-state index contributed by atoms with van der Waals surface area (Å²) in [4.78, 5) is 2.41. The second-order valence-electron chi connectivity index (χ2n) is 23.4. The Hall–Kier alpha value is -11.4. The van der Waals surface area contributed by atoms with Crippen molar-refractivity contribution in [1.82, 2.24) is 0 Å². The Morgan fingerprint density at radius 3 is 0.989 bits per heavy atom. The van der Waals surface area contributed by atoms with Crippen molar-refractivity contribution in [3.05, 3.63) is 368 Å². The Bertz CT molecular complexity index is 4950. The number of anilines is 3. The van der Waals surface area contributed by atoms with E-state index in [0.29, 0.717) is 0 Å². The van der Waals surface area contributed by atoms with Gasteiger partial charge in [-0.2, -0.15) is 0 Å². The molecule has 17 rings (SSSR count). The molecule has 1 heteroatoms. The van der Waals surface area contributed by atoms with Gasteiger partial charge >= 0.3 is 0 Å². The van der Waals surface area contributed by atoms with Crippen LogP contribution in [0.5, 0.6) is 0 Å². The van der Waals surface area contributed by atoms with Gasteiger partial charge < -0.3 is 4.90 Å². The fourth-order valence-corrected chi connectivity index (χ4v) is 14.9. The fraction of sp³-hybridized carbons (Fsp3) is 0.0115. The Kier molecular flexibility index (Phi) is 12.2. The van der Waals surface area contributed by atoms with Crippen molar-refractivity contribution in [2.75, 3.05) is 4.90 Å². The molecule has 0 bridgehead atoms. The van der Waals surface area contributed by atoms with Crippen LogP contribution in [0.1, 0.15) is 22.3 Å². The Balaban J connectivity index is 1.03. The van der Waals surface area contributed by atoms with Crippen LogP contribution in [-0.2, 0) is 5.41 Å². The average Bonchev–Trinajstić information content (AvgIpc) is 1.52. The topological polar surface area (TPSA) is 3.24 Å². The van der Waals surface area contributed by atoms with Crippen molar-refractivity contribution < 1.29 is 0 Å². The molecule has 2 aliphatic rings. The Morgan fingerprint density at radius 2 is 0.557 bits per heavy atom. The largest absolute Gasteiger partial charge is 0.310 e. The van der Waals surface area contributed by atoms with E-state index in [9.17, 15) is 0 Å². The molecule has 0 amide bonds. The van der Waals surface area contributed by atoms with Gasteiger partial charge in [-0.15, -0.1) is 0 Å². The van der Waals surface area contributed by atoms with Crippen LogP contribution in [0, 0.1) is 0 Å². The summed E-state index contributed by atoms with van der Waals surface area (Å²) in [6.45, 7) is 0. The normalized spacial score (nSPS) is 12.4. The SMILES string of the molecule is c1ccc(-c2cc(-c3ccccc3)cc(-c3c4c(c(-c5cc(-c6ccccc6)cc(-c6ccccc6)c5)c5ccccc35)-c3cc5c(c6cccc-4c36)-c3ccc(N(c4ccccc4)c4ccccc4)cc3C5(c3ccccc3)c3ccccc3)c2)cc1. The summed E-state index contributed by atoms with van der Waals surface area (Å²) < 4.78 is 0. The van der Waals surface area contributed by atoms with Crippen molar-refractivity contribution in [3.63, 3.8) is 0 Å². The first-order valence-electron chi connectivity index (χ1n) is 30.6. The van der Waals surface area contributed by atoms with E-state index in [1.807, 2.05) is 0 Å². The van der Waals surface area contributed by atoms with Gasteiger partial charge in [-0.05, 0) is 223 Å². The lowest BCUT2D eigenvalue weighted by atomic mass is 9.67. The molecule has 0 saturated carbocycles. The summed E-state index contributed by atoms with van der Waals surface area (Å²) in [6.07, 6.45) is 0. The van der Waals surface area contributed by atoms with E-state index in [-0.39, 0.29) is 0 Å². The molecule has 0 aromatic heterocycles. The molecule has 0 aliphatic heterocycles. The van der Waals surface area contributed by atoms with Gasteiger partial charge in [0.2, 0.25) is 0 Å². The van der Waals surface area contributed by atoms with Crippen molar-refractivity contribution in [2.24, 2.45) is 0 Å². The van der Waals surface area contributed by atoms with E-state index in [2.05, 4.69) is 351 Å². The molecular formula is C87H57N. The minimum atomic E-state index is -0.742. The fourth-order valence-electron chi connectivity index (χ4n) is 14.9. The molecule has 1 nitrogen and oxygen atoms in total. The maximum Gasteiger partial charge on any atom is 0.0714 e. The average molecular weight is 1120 g/mol. The smallest absolute Gasteiger partial charge is 0.0714 e. The highest BCUT2D eigenvalue weighted by atomic mass is 15.1. The second-order valence-corrected chi connectivity index (χ2v) is 23.4. The molecule has 2 aliphatic carbocycles. The molecule has 0 atom stereocenters. The molecule has 0 heterocycles. The van der Waals surface area contributed by atoms with Gasteiger partial charge in [-0.1, -0.05) is 267 Å². The highest BCUT2D eigenvalue weighted by Crippen LogP contribution is 2.65. The molecule has 0 N–H and O–H groups in total. The lowest BCUT2D eigenvalue weighted by Gasteiger charge is -2.35. The van der Waals surface area contributed by atoms with E-state index in [4.69, 9.17) is 0 Å². The third-order valence-corrected chi connectivity index (χ3v) is 18.6. The van der Waals surface area contributed by atoms with Gasteiger partial charge in [-0.25, -0.2) is 0 Å². The molecule has 0 spiro atoms. The van der Waals surface area contributed by atoms with Crippen LogP contribution in [0.15, 0.2) is 346 Å². The predicted octanol–water partition coefficient (Wildman–Crippen LogP) is 23.5. The number of fused-ring (bicyclic) bond motifs is 8. The maximum atomic E-state index is 2.65. The van der Waals surface area contributed by atoms with Gasteiger partial charge in [0.1, 0.15) is 0 Å². The van der Waals surface area contributed by atoms with Gasteiger partial charge in [0.15, 0.2) is 0 Å². The zero-order valence-electron chi connectivity index (χ0n) is 48.4. The number of nitrogens with zero attached hydrogens (tertiary/aromatic N) is 1. The van der Waals surface area contributed by atoms with Gasteiger partial charge in [0.25, 0.3) is 0 Å². The van der Waals surface area contributed by atoms with Gasteiger partial charge in [0, 0.05) is 17.1 Å². The molecule has 0 fully saturated rings. The minimum Gasteiger partial charge on any atom is -0.310 e. The first-order chi connectivity index (χ1) is 43.7. The maximum absolute atomic E-state index is 2.65. The third-order valence-electron chi connectivity index (χ3n) is 18.6. The predicted molar refractivity (Wildman–Crippen MR) is 370 cm³/mol. The van der Waals surface area contributed by atoms with Crippen LogP contribution in [0.3, 0.4) is 0 Å². The number of para-hydroxylation sites is 2. The zero-order chi connectivity index (χ0) is 58.1. The van der Waals surface area contributed by atoms with Crippen LogP contribution >= 0.6 is 0 Å². The number of rotatable bonds is 11. The van der Waals surface area contributed by atoms with Crippen LogP contribution < -0.4 is 4.90 Å². The summed E-state index contributed by atoms with van der Waals surface area (Å²) in [6, 6.07) is 129. The van der Waals surface area contributed by atoms with Crippen molar-refractivity contribution in [2.45, 2.75) is 5.41 Å². The number of hydrogen-bond donors (Lipinski definition) is 0. The monoisotopic (exact) mass is 1120 g/mol. The van der Waals surface area contributed by atoms with Crippen LogP contribution in [0.2, 0.25) is 0 Å². The molecule has 0 radical (unpaired) electrons. The summed E-state index contributed by atoms with van der Waals surface area (Å²) in [5, 5.41) is 4.95. The van der Waals surface area contributed by atoms with E-state index in [1.165, 1.54) is 144 Å². The highest BCUT2D eigenvalue weighted by Gasteiger charge is 2.49. The zero-order valence-corrected chi connectivity index (χ0v) is 48.4. The summed E-state index contributed by atoms with van der Waals surface area (Å²) in [5.74, 6) is 0. The first kappa shape index (κ1) is 51.1. The quantitative estimate of drug-likeness (QED) is 0.125. The standard InChI is InChI=1S/C87H57N/c1-9-28-58(29-10-1)62-50-63(59-30-11-2-12-31-59)53-66(52-62)81-73-44-25-26-45-74(73)82(67-54-64(60-32-13-3-14-33-60)51-65(55-67)61-34-15-4-16-35-61)86-78-57-80-84(76-46-27-47-77(83(76)78)85(81)86)75-49-48-72(88(70-40-21-7-22-41-70)71-42-23-8-24-43-71)56-79(75)87(80,68-36-17-5-18-37-68)69-38-19-6-20-39-69/h1-57H. The minimum absolute atomic E-state index is 0.742. The van der Waals surface area contributed by atoms with Crippen molar-refractivity contribution in [3.8, 4) is 100 Å². The molecule has 15 aromatic carbocycles. The lowest BCUT2D eigenvalue weighted by molar-refractivity contribution is 0.769. The summed E-state index contributed by atoms with van der Waals surface area (Å²) >= 11 is 0. The van der Waals surface area contributed by atoms with Crippen LogP contribution in [-0.4, -0.2) is 0 Å². The first-order valence-corrected chi connectivity index (χ1v) is 30.6. The Labute approximate surface area is 514 Å². The van der Waals surface area contributed by atoms with Crippen LogP contribution in [0.4, 0.5) is 17.1 Å². The van der Waals surface area contributed by atoms with E-state index in [0.717, 1.165) is 17.1 Å². The molecular weight excluding hydrogens is 1060 g/mol. The van der Waals surface area contributed by atoms with Crippen LogP contribution in [0.25, 0.3) is 122 Å². The molecule has 88 heavy (non-hydrogen) atoms. The third kappa shape index (κ3) is 8.16. The highest BCUT2D eigenvalue weighted by molar-refractivity contribution is 6.30. The lowest BCUT2D eigenvalue weighted by Crippen LogP contribution is -2.29. The Morgan fingerprint density at radius 1 is 0.193 bits per heavy atom. The number of hydrogen-bond acceptors (Lipinski definition) is 1. The summed E-state index contributed by atoms with van der Waals surface area (Å²) in [7, 11) is 0. The van der Waals surface area contributed by atoms with Crippen molar-refractivity contribution >= 4 is 38.6 Å². The van der Waals surface area contributed by atoms with E-state index >= 15 is 0 Å². The van der Waals surface area contributed by atoms with E-state index < -0.39 is 5.41 Å². The second kappa shape index (κ2) is 21.0. The summed E-state index contributed by atoms with van der Waals surface area (Å²) in [5.41, 5.74) is 29.3. The van der Waals surface area contributed by atoms with Crippen molar-refractivity contribution in [1.29, 1.82) is 0 Å². The van der Waals surface area contributed by atoms with Gasteiger partial charge in [0.05, 0.1) is 5.41 Å². The number of benzene rings is 15. The molecule has 410 valence electrons. The van der Waals surface area contributed by atoms with E-state index in [1.54, 1.807) is 0 Å². The van der Waals surface area contributed by atoms with Gasteiger partial charge in [-0.3, -0.25) is 0 Å². The molecule has 0 unspecified atom stereocenters. The molecule has 0 saturated heterocycles.